The summed E-state index contributed by atoms with van der Waals surface area (Å²) in [5.41, 5.74) is 0.487. The highest BCUT2D eigenvalue weighted by Gasteiger charge is 2.21. The molecule has 1 aliphatic heterocycles. The predicted octanol–water partition coefficient (Wildman–Crippen LogP) is 0.858. The first-order chi connectivity index (χ1) is 14.1. The number of piperazine rings is 1. The normalized spacial score (nSPS) is 15.0. The van der Waals surface area contributed by atoms with Crippen molar-refractivity contribution in [2.45, 2.75) is 6.54 Å². The Bertz CT molecular complexity index is 1040. The summed E-state index contributed by atoms with van der Waals surface area (Å²) in [5.74, 6) is 0.0348. The second-order valence-electron chi connectivity index (χ2n) is 6.90. The Morgan fingerprint density at radius 2 is 1.79 bits per heavy atom. The third kappa shape index (κ3) is 4.45. The maximum Gasteiger partial charge on any atom is 0.350 e. The number of pyridine rings is 1. The first-order valence-electron chi connectivity index (χ1n) is 9.53. The van der Waals surface area contributed by atoms with Gasteiger partial charge in [0, 0.05) is 38.9 Å². The van der Waals surface area contributed by atoms with Crippen LogP contribution in [0.1, 0.15) is 0 Å². The zero-order chi connectivity index (χ0) is 20.2. The standard InChI is InChI=1S/C20H22FN5O3/c21-16-4-6-17(7-5-16)29-15-19(27)24-12-9-23(10-13-24)11-14-26-20(28)25-8-2-1-3-18(25)22-26/h1-8H,9-15H2. The SMILES string of the molecule is O=C(COc1ccc(F)cc1)N1CCN(CCn2nc3ccccn3c2=O)CC1. The van der Waals surface area contributed by atoms with E-state index in [0.717, 1.165) is 13.1 Å². The molecule has 1 fully saturated rings. The van der Waals surface area contributed by atoms with E-state index in [1.807, 2.05) is 6.07 Å². The summed E-state index contributed by atoms with van der Waals surface area (Å²) < 4.78 is 21.3. The van der Waals surface area contributed by atoms with Gasteiger partial charge in [-0.05, 0) is 36.4 Å². The molecule has 1 amide bonds. The molecule has 29 heavy (non-hydrogen) atoms. The smallest absolute Gasteiger partial charge is 0.350 e. The van der Waals surface area contributed by atoms with E-state index in [1.54, 1.807) is 23.2 Å². The lowest BCUT2D eigenvalue weighted by Crippen LogP contribution is -2.50. The second-order valence-corrected chi connectivity index (χ2v) is 6.90. The lowest BCUT2D eigenvalue weighted by atomic mass is 10.3. The van der Waals surface area contributed by atoms with Crippen molar-refractivity contribution in [3.63, 3.8) is 0 Å². The van der Waals surface area contributed by atoms with Gasteiger partial charge in [-0.2, -0.15) is 0 Å². The zero-order valence-electron chi connectivity index (χ0n) is 15.9. The first kappa shape index (κ1) is 19.1. The van der Waals surface area contributed by atoms with Gasteiger partial charge in [0.1, 0.15) is 11.6 Å². The second kappa shape index (κ2) is 8.44. The number of halogens is 1. The molecule has 4 rings (SSSR count). The number of ether oxygens (including phenoxy) is 1. The van der Waals surface area contributed by atoms with E-state index in [9.17, 15) is 14.0 Å². The van der Waals surface area contributed by atoms with Crippen molar-refractivity contribution in [2.75, 3.05) is 39.3 Å². The van der Waals surface area contributed by atoms with Crippen LogP contribution < -0.4 is 10.4 Å². The van der Waals surface area contributed by atoms with E-state index in [2.05, 4.69) is 10.00 Å². The van der Waals surface area contributed by atoms with Crippen LogP contribution in [0.25, 0.3) is 5.65 Å². The monoisotopic (exact) mass is 399 g/mol. The minimum absolute atomic E-state index is 0.0672. The number of carbonyl (C=O) groups is 1. The van der Waals surface area contributed by atoms with Crippen LogP contribution in [0.4, 0.5) is 4.39 Å². The van der Waals surface area contributed by atoms with Crippen molar-refractivity contribution in [2.24, 2.45) is 0 Å². The molecule has 152 valence electrons. The Hall–Kier alpha value is -3.20. The molecule has 0 radical (unpaired) electrons. The van der Waals surface area contributed by atoms with Crippen LogP contribution in [0.5, 0.6) is 5.75 Å². The molecule has 3 aromatic rings. The van der Waals surface area contributed by atoms with Crippen LogP contribution in [0.2, 0.25) is 0 Å². The number of rotatable bonds is 6. The summed E-state index contributed by atoms with van der Waals surface area (Å²) in [6.07, 6.45) is 1.71. The Labute approximate surface area is 166 Å². The highest BCUT2D eigenvalue weighted by atomic mass is 19.1. The molecule has 9 heteroatoms. The van der Waals surface area contributed by atoms with Gasteiger partial charge < -0.3 is 9.64 Å². The molecule has 0 atom stereocenters. The van der Waals surface area contributed by atoms with Gasteiger partial charge in [0.2, 0.25) is 0 Å². The number of hydrogen-bond donors (Lipinski definition) is 0. The molecule has 0 aliphatic carbocycles. The number of benzene rings is 1. The summed E-state index contributed by atoms with van der Waals surface area (Å²) in [5, 5.41) is 4.33. The third-order valence-electron chi connectivity index (χ3n) is 5.02. The van der Waals surface area contributed by atoms with Gasteiger partial charge in [0.15, 0.2) is 12.3 Å². The van der Waals surface area contributed by atoms with Gasteiger partial charge in [-0.3, -0.25) is 14.1 Å². The number of carbonyl (C=O) groups excluding carboxylic acids is 1. The highest BCUT2D eigenvalue weighted by molar-refractivity contribution is 5.77. The third-order valence-corrected chi connectivity index (χ3v) is 5.02. The largest absolute Gasteiger partial charge is 0.484 e. The number of amides is 1. The van der Waals surface area contributed by atoms with E-state index >= 15 is 0 Å². The van der Waals surface area contributed by atoms with Crippen molar-refractivity contribution in [1.29, 1.82) is 0 Å². The van der Waals surface area contributed by atoms with Crippen molar-refractivity contribution in [3.05, 3.63) is 65.0 Å². The molecule has 0 saturated carbocycles. The van der Waals surface area contributed by atoms with E-state index in [1.165, 1.54) is 33.3 Å². The molecule has 0 bridgehead atoms. The van der Waals surface area contributed by atoms with Crippen molar-refractivity contribution in [3.8, 4) is 5.75 Å². The minimum Gasteiger partial charge on any atom is -0.484 e. The quantitative estimate of drug-likeness (QED) is 0.615. The lowest BCUT2D eigenvalue weighted by Gasteiger charge is -2.34. The maximum atomic E-state index is 12.9. The molecule has 0 spiro atoms. The van der Waals surface area contributed by atoms with Gasteiger partial charge in [-0.15, -0.1) is 5.10 Å². The average molecular weight is 399 g/mol. The van der Waals surface area contributed by atoms with Crippen molar-refractivity contribution < 1.29 is 13.9 Å². The number of nitrogens with zero attached hydrogens (tertiary/aromatic N) is 5. The lowest BCUT2D eigenvalue weighted by molar-refractivity contribution is -0.135. The van der Waals surface area contributed by atoms with Crippen LogP contribution in [0.3, 0.4) is 0 Å². The van der Waals surface area contributed by atoms with Gasteiger partial charge >= 0.3 is 5.69 Å². The summed E-state index contributed by atoms with van der Waals surface area (Å²) in [4.78, 5) is 28.6. The van der Waals surface area contributed by atoms with Gasteiger partial charge in [-0.25, -0.2) is 13.9 Å². The molecule has 2 aromatic heterocycles. The summed E-state index contributed by atoms with van der Waals surface area (Å²) in [7, 11) is 0. The fraction of sp³-hybridized carbons (Fsp3) is 0.350. The van der Waals surface area contributed by atoms with Crippen molar-refractivity contribution in [1.82, 2.24) is 24.0 Å². The Kier molecular flexibility index (Phi) is 5.57. The number of fused-ring (bicyclic) bond motifs is 1. The molecule has 0 unspecified atom stereocenters. The van der Waals surface area contributed by atoms with Crippen LogP contribution in [0.15, 0.2) is 53.5 Å². The predicted molar refractivity (Wildman–Crippen MR) is 104 cm³/mol. The topological polar surface area (TPSA) is 72.1 Å². The number of aromatic nitrogens is 3. The summed E-state index contributed by atoms with van der Waals surface area (Å²) in [6, 6.07) is 11.1. The Balaban J connectivity index is 1.23. The Morgan fingerprint density at radius 1 is 1.03 bits per heavy atom. The molecule has 1 aromatic carbocycles. The van der Waals surface area contributed by atoms with E-state index in [0.29, 0.717) is 37.6 Å². The van der Waals surface area contributed by atoms with Gasteiger partial charge in [0.25, 0.3) is 5.91 Å². The van der Waals surface area contributed by atoms with Gasteiger partial charge in [0.05, 0.1) is 6.54 Å². The molecular formula is C20H22FN5O3. The molecule has 3 heterocycles. The minimum atomic E-state index is -0.342. The molecule has 1 saturated heterocycles. The van der Waals surface area contributed by atoms with Crippen molar-refractivity contribution >= 4 is 11.6 Å². The van der Waals surface area contributed by atoms with Crippen LogP contribution in [-0.4, -0.2) is 69.2 Å². The van der Waals surface area contributed by atoms with Crippen LogP contribution >= 0.6 is 0 Å². The van der Waals surface area contributed by atoms with E-state index < -0.39 is 0 Å². The fourth-order valence-corrected chi connectivity index (χ4v) is 3.34. The summed E-state index contributed by atoms with van der Waals surface area (Å²) in [6.45, 7) is 3.79. The molecule has 1 aliphatic rings. The zero-order valence-corrected chi connectivity index (χ0v) is 15.9. The first-order valence-corrected chi connectivity index (χ1v) is 9.53. The number of hydrogen-bond acceptors (Lipinski definition) is 5. The van der Waals surface area contributed by atoms with Gasteiger partial charge in [-0.1, -0.05) is 6.07 Å². The maximum absolute atomic E-state index is 12.9. The van der Waals surface area contributed by atoms with Crippen LogP contribution in [-0.2, 0) is 11.3 Å². The van der Waals surface area contributed by atoms with E-state index in [-0.39, 0.29) is 24.0 Å². The van der Waals surface area contributed by atoms with Crippen LogP contribution in [0, 0.1) is 5.82 Å². The fourth-order valence-electron chi connectivity index (χ4n) is 3.34. The molecular weight excluding hydrogens is 377 g/mol. The highest BCUT2D eigenvalue weighted by Crippen LogP contribution is 2.11. The summed E-state index contributed by atoms with van der Waals surface area (Å²) >= 11 is 0. The van der Waals surface area contributed by atoms with E-state index in [4.69, 9.17) is 4.74 Å². The average Bonchev–Trinajstić information content (AvgIpc) is 3.08. The molecule has 0 N–H and O–H groups in total. The Morgan fingerprint density at radius 3 is 2.52 bits per heavy atom. The molecule has 8 nitrogen and oxygen atoms in total.